The van der Waals surface area contributed by atoms with Gasteiger partial charge in [0, 0.05) is 56.3 Å². The Morgan fingerprint density at radius 2 is 2.10 bits per heavy atom. The Kier molecular flexibility index (Phi) is 6.19. The number of carbonyl (C=O) groups excluding carboxylic acids is 1. The molecule has 164 valence electrons. The lowest BCUT2D eigenvalue weighted by Gasteiger charge is -2.39. The summed E-state index contributed by atoms with van der Waals surface area (Å²) in [6.45, 7) is 5.24. The second kappa shape index (κ2) is 8.88. The van der Waals surface area contributed by atoms with Gasteiger partial charge in [-0.15, -0.1) is 0 Å². The third-order valence-electron chi connectivity index (χ3n) is 6.77. The summed E-state index contributed by atoms with van der Waals surface area (Å²) < 4.78 is 15.1. The first-order valence-electron chi connectivity index (χ1n) is 11.1. The Balaban J connectivity index is 1.47. The highest BCUT2D eigenvalue weighted by atomic mass is 19.1. The zero-order chi connectivity index (χ0) is 22.0. The van der Waals surface area contributed by atoms with Crippen molar-refractivity contribution in [2.45, 2.75) is 44.7 Å². The highest BCUT2D eigenvalue weighted by Crippen LogP contribution is 2.35. The molecule has 1 aromatic heterocycles. The fourth-order valence-corrected chi connectivity index (χ4v) is 5.20. The number of nitriles is 1. The van der Waals surface area contributed by atoms with E-state index < -0.39 is 5.67 Å². The van der Waals surface area contributed by atoms with Crippen LogP contribution in [0.15, 0.2) is 24.7 Å². The van der Waals surface area contributed by atoms with Crippen molar-refractivity contribution in [2.75, 3.05) is 38.1 Å². The minimum absolute atomic E-state index is 0.0409. The quantitative estimate of drug-likeness (QED) is 0.729. The van der Waals surface area contributed by atoms with Gasteiger partial charge in [-0.3, -0.25) is 4.79 Å². The maximum Gasteiger partial charge on any atom is 0.136 e. The van der Waals surface area contributed by atoms with Crippen LogP contribution in [-0.2, 0) is 4.79 Å². The number of hydrogen-bond acceptors (Lipinski definition) is 6. The second-order valence-corrected chi connectivity index (χ2v) is 9.51. The van der Waals surface area contributed by atoms with Crippen LogP contribution in [0.25, 0.3) is 10.9 Å². The van der Waals surface area contributed by atoms with Gasteiger partial charge in [-0.1, -0.05) is 6.92 Å². The van der Waals surface area contributed by atoms with E-state index in [4.69, 9.17) is 0 Å². The largest absolute Gasteiger partial charge is 0.370 e. The fourth-order valence-electron chi connectivity index (χ4n) is 5.20. The Bertz CT molecular complexity index is 995. The van der Waals surface area contributed by atoms with E-state index in [0.717, 1.165) is 30.6 Å². The van der Waals surface area contributed by atoms with Gasteiger partial charge in [0.25, 0.3) is 0 Å². The van der Waals surface area contributed by atoms with Gasteiger partial charge in [-0.05, 0) is 50.3 Å². The summed E-state index contributed by atoms with van der Waals surface area (Å²) in [6.07, 6.45) is 5.54. The maximum atomic E-state index is 15.1. The number of piperidine rings is 2. The van der Waals surface area contributed by atoms with Crippen molar-refractivity contribution < 1.29 is 9.18 Å². The van der Waals surface area contributed by atoms with E-state index >= 15 is 4.39 Å². The summed E-state index contributed by atoms with van der Waals surface area (Å²) in [7, 11) is 2.00. The molecule has 2 atom stereocenters. The van der Waals surface area contributed by atoms with E-state index in [-0.39, 0.29) is 18.1 Å². The van der Waals surface area contributed by atoms with E-state index in [0.29, 0.717) is 49.4 Å². The number of Topliss-reactive ketones (excluding diaryl/α,β-unsaturated/α-hetero) is 1. The molecule has 0 radical (unpaired) electrons. The van der Waals surface area contributed by atoms with Crippen LogP contribution in [0.1, 0.15) is 44.6 Å². The SMILES string of the molecule is C[C@H]1C[C@@H](CC(=O)CC2(F)CCN(C)CC2)CN(c2ccc(C#N)c3ncncc23)C1. The lowest BCUT2D eigenvalue weighted by molar-refractivity contribution is -0.123. The first kappa shape index (κ1) is 21.6. The number of aromatic nitrogens is 2. The van der Waals surface area contributed by atoms with Crippen molar-refractivity contribution in [3.8, 4) is 6.07 Å². The van der Waals surface area contributed by atoms with Crippen LogP contribution in [0, 0.1) is 23.2 Å². The van der Waals surface area contributed by atoms with Crippen LogP contribution in [0.3, 0.4) is 0 Å². The number of benzene rings is 1. The van der Waals surface area contributed by atoms with Crippen molar-refractivity contribution in [3.05, 3.63) is 30.2 Å². The number of carbonyl (C=O) groups is 1. The number of hydrogen-bond donors (Lipinski definition) is 0. The molecule has 4 rings (SSSR count). The molecule has 0 N–H and O–H groups in total. The smallest absolute Gasteiger partial charge is 0.136 e. The molecular formula is C24H30FN5O. The average molecular weight is 424 g/mol. The van der Waals surface area contributed by atoms with Crippen LogP contribution >= 0.6 is 0 Å². The molecule has 0 bridgehead atoms. The topological polar surface area (TPSA) is 73.1 Å². The number of likely N-dealkylation sites (tertiary alicyclic amines) is 1. The summed E-state index contributed by atoms with van der Waals surface area (Å²) in [5, 5.41) is 10.3. The van der Waals surface area contributed by atoms with Gasteiger partial charge < -0.3 is 9.80 Å². The van der Waals surface area contributed by atoms with Gasteiger partial charge in [0.05, 0.1) is 11.1 Å². The van der Waals surface area contributed by atoms with Gasteiger partial charge in [0.2, 0.25) is 0 Å². The summed E-state index contributed by atoms with van der Waals surface area (Å²) in [6, 6.07) is 5.95. The third-order valence-corrected chi connectivity index (χ3v) is 6.77. The second-order valence-electron chi connectivity index (χ2n) is 9.51. The molecule has 6 nitrogen and oxygen atoms in total. The first-order chi connectivity index (χ1) is 14.9. The molecule has 2 aromatic rings. The van der Waals surface area contributed by atoms with Gasteiger partial charge in [0.15, 0.2) is 0 Å². The number of fused-ring (bicyclic) bond motifs is 1. The molecule has 2 aliphatic rings. The van der Waals surface area contributed by atoms with Crippen LogP contribution in [-0.4, -0.2) is 59.5 Å². The van der Waals surface area contributed by atoms with Crippen molar-refractivity contribution >= 4 is 22.4 Å². The third kappa shape index (κ3) is 4.85. The van der Waals surface area contributed by atoms with Crippen molar-refractivity contribution in [2.24, 2.45) is 11.8 Å². The highest BCUT2D eigenvalue weighted by Gasteiger charge is 2.37. The van der Waals surface area contributed by atoms with E-state index in [9.17, 15) is 10.1 Å². The number of halogens is 1. The molecule has 2 fully saturated rings. The van der Waals surface area contributed by atoms with E-state index in [2.05, 4.69) is 32.8 Å². The molecular weight excluding hydrogens is 393 g/mol. The molecule has 7 heteroatoms. The van der Waals surface area contributed by atoms with E-state index in [1.807, 2.05) is 13.1 Å². The number of nitrogens with zero attached hydrogens (tertiary/aromatic N) is 5. The van der Waals surface area contributed by atoms with Gasteiger partial charge >= 0.3 is 0 Å². The molecule has 0 aliphatic carbocycles. The molecule has 0 saturated carbocycles. The van der Waals surface area contributed by atoms with Gasteiger partial charge in [0.1, 0.15) is 23.8 Å². The standard InChI is InChI=1S/C24H30FN5O/c1-17-9-18(10-20(31)11-24(25)5-7-29(2)8-6-24)15-30(14-17)22-4-3-19(12-26)23-21(22)13-27-16-28-23/h3-4,13,16-18H,5-11,14-15H2,1-2H3/t17-,18-/m0/s1. The van der Waals surface area contributed by atoms with E-state index in [1.165, 1.54) is 6.33 Å². The number of ketones is 1. The molecule has 0 amide bonds. The van der Waals surface area contributed by atoms with Crippen LogP contribution in [0.2, 0.25) is 0 Å². The lowest BCUT2D eigenvalue weighted by Crippen LogP contribution is -2.43. The first-order valence-corrected chi connectivity index (χ1v) is 11.1. The summed E-state index contributed by atoms with van der Waals surface area (Å²) in [5.41, 5.74) is 0.840. The zero-order valence-corrected chi connectivity index (χ0v) is 18.4. The molecule has 3 heterocycles. The predicted octanol–water partition coefficient (Wildman–Crippen LogP) is 3.75. The van der Waals surface area contributed by atoms with E-state index in [1.54, 1.807) is 12.3 Å². The average Bonchev–Trinajstić information content (AvgIpc) is 2.74. The number of anilines is 1. The molecule has 0 unspecified atom stereocenters. The molecule has 31 heavy (non-hydrogen) atoms. The maximum absolute atomic E-state index is 15.1. The van der Waals surface area contributed by atoms with Gasteiger partial charge in [-0.2, -0.15) is 5.26 Å². The fraction of sp³-hybridized carbons (Fsp3) is 0.583. The normalized spacial score (nSPS) is 24.1. The molecule has 1 aromatic carbocycles. The summed E-state index contributed by atoms with van der Waals surface area (Å²) in [4.78, 5) is 25.7. The Hall–Kier alpha value is -2.59. The zero-order valence-electron chi connectivity index (χ0n) is 18.4. The Labute approximate surface area is 183 Å². The summed E-state index contributed by atoms with van der Waals surface area (Å²) >= 11 is 0. The minimum atomic E-state index is -1.34. The predicted molar refractivity (Wildman–Crippen MR) is 119 cm³/mol. The van der Waals surface area contributed by atoms with Crippen LogP contribution in [0.4, 0.5) is 10.1 Å². The Morgan fingerprint density at radius 3 is 2.84 bits per heavy atom. The molecule has 2 aliphatic heterocycles. The minimum Gasteiger partial charge on any atom is -0.370 e. The monoisotopic (exact) mass is 423 g/mol. The van der Waals surface area contributed by atoms with Crippen molar-refractivity contribution in [1.29, 1.82) is 5.26 Å². The van der Waals surface area contributed by atoms with Gasteiger partial charge in [-0.25, -0.2) is 14.4 Å². The lowest BCUT2D eigenvalue weighted by atomic mass is 9.82. The van der Waals surface area contributed by atoms with Crippen molar-refractivity contribution in [3.63, 3.8) is 0 Å². The van der Waals surface area contributed by atoms with Crippen molar-refractivity contribution in [1.82, 2.24) is 14.9 Å². The number of alkyl halides is 1. The Morgan fingerprint density at radius 1 is 1.32 bits per heavy atom. The molecule has 0 spiro atoms. The van der Waals surface area contributed by atoms with Crippen LogP contribution in [0.5, 0.6) is 0 Å². The summed E-state index contributed by atoms with van der Waals surface area (Å²) in [5.74, 6) is 0.658. The number of rotatable bonds is 5. The molecule has 2 saturated heterocycles. The van der Waals surface area contributed by atoms with Crippen LogP contribution < -0.4 is 4.90 Å². The highest BCUT2D eigenvalue weighted by molar-refractivity contribution is 5.94.